The van der Waals surface area contributed by atoms with Gasteiger partial charge in [0.15, 0.2) is 0 Å². The van der Waals surface area contributed by atoms with E-state index in [9.17, 15) is 4.79 Å². The van der Waals surface area contributed by atoms with Crippen molar-refractivity contribution in [1.82, 2.24) is 4.90 Å². The second-order valence-electron chi connectivity index (χ2n) is 7.34. The monoisotopic (exact) mass is 320 g/mol. The van der Waals surface area contributed by atoms with E-state index in [-0.39, 0.29) is 18.2 Å². The van der Waals surface area contributed by atoms with E-state index in [4.69, 9.17) is 15.2 Å². The third-order valence-corrected chi connectivity index (χ3v) is 4.00. The molecule has 0 aliphatic carbocycles. The molecule has 0 spiro atoms. The summed E-state index contributed by atoms with van der Waals surface area (Å²) in [5.41, 5.74) is 7.94. The minimum atomic E-state index is -0.511. The molecule has 0 radical (unpaired) electrons. The SMILES string of the molecule is Cc1ccc(OC[C@@H]2C[C@H](N)CN2C(=O)OC(C)(C)C)cc1C. The molecule has 2 atom stereocenters. The number of carbonyl (C=O) groups is 1. The summed E-state index contributed by atoms with van der Waals surface area (Å²) in [6.07, 6.45) is 0.406. The quantitative estimate of drug-likeness (QED) is 0.930. The first-order valence-electron chi connectivity index (χ1n) is 8.11. The van der Waals surface area contributed by atoms with Crippen LogP contribution in [-0.2, 0) is 4.74 Å². The Hall–Kier alpha value is -1.75. The molecular weight excluding hydrogens is 292 g/mol. The van der Waals surface area contributed by atoms with Crippen molar-refractivity contribution in [3.05, 3.63) is 29.3 Å². The lowest BCUT2D eigenvalue weighted by Gasteiger charge is -2.28. The van der Waals surface area contributed by atoms with Gasteiger partial charge in [-0.3, -0.25) is 0 Å². The molecule has 2 N–H and O–H groups in total. The van der Waals surface area contributed by atoms with Gasteiger partial charge in [0.05, 0.1) is 6.04 Å². The number of aryl methyl sites for hydroxylation is 2. The highest BCUT2D eigenvalue weighted by atomic mass is 16.6. The van der Waals surface area contributed by atoms with Crippen LogP contribution in [0, 0.1) is 13.8 Å². The number of nitrogens with two attached hydrogens (primary N) is 1. The third-order valence-electron chi connectivity index (χ3n) is 4.00. The summed E-state index contributed by atoms with van der Waals surface area (Å²) in [7, 11) is 0. The molecule has 0 saturated carbocycles. The Morgan fingerprint density at radius 1 is 1.30 bits per heavy atom. The van der Waals surface area contributed by atoms with Gasteiger partial charge in [0, 0.05) is 12.6 Å². The normalized spacial score (nSPS) is 21.4. The van der Waals surface area contributed by atoms with E-state index in [0.29, 0.717) is 13.2 Å². The Kier molecular flexibility index (Phi) is 5.19. The number of hydrogen-bond donors (Lipinski definition) is 1. The van der Waals surface area contributed by atoms with Crippen LogP contribution in [0.3, 0.4) is 0 Å². The maximum atomic E-state index is 12.3. The van der Waals surface area contributed by atoms with Crippen LogP contribution in [0.5, 0.6) is 5.75 Å². The fraction of sp³-hybridized carbons (Fsp3) is 0.611. The molecule has 1 aliphatic heterocycles. The minimum Gasteiger partial charge on any atom is -0.491 e. The Balaban J connectivity index is 1.99. The van der Waals surface area contributed by atoms with Crippen LogP contribution in [0.25, 0.3) is 0 Å². The lowest BCUT2D eigenvalue weighted by molar-refractivity contribution is 0.0186. The molecule has 5 heteroatoms. The van der Waals surface area contributed by atoms with Crippen molar-refractivity contribution in [1.29, 1.82) is 0 Å². The van der Waals surface area contributed by atoms with E-state index in [1.807, 2.05) is 39.0 Å². The lowest BCUT2D eigenvalue weighted by atomic mass is 10.1. The van der Waals surface area contributed by atoms with Gasteiger partial charge in [-0.05, 0) is 64.3 Å². The molecule has 1 saturated heterocycles. The number of carbonyl (C=O) groups excluding carboxylic acids is 1. The largest absolute Gasteiger partial charge is 0.491 e. The molecule has 1 heterocycles. The van der Waals surface area contributed by atoms with Crippen LogP contribution in [0.2, 0.25) is 0 Å². The van der Waals surface area contributed by atoms with Gasteiger partial charge in [0.2, 0.25) is 0 Å². The lowest BCUT2D eigenvalue weighted by Crippen LogP contribution is -2.42. The molecule has 1 fully saturated rings. The maximum Gasteiger partial charge on any atom is 0.410 e. The molecule has 1 amide bonds. The van der Waals surface area contributed by atoms with Gasteiger partial charge in [-0.2, -0.15) is 0 Å². The van der Waals surface area contributed by atoms with Crippen LogP contribution in [0.15, 0.2) is 18.2 Å². The van der Waals surface area contributed by atoms with E-state index in [1.165, 1.54) is 11.1 Å². The average molecular weight is 320 g/mol. The number of ether oxygens (including phenoxy) is 2. The Morgan fingerprint density at radius 2 is 2.00 bits per heavy atom. The molecule has 128 valence electrons. The Morgan fingerprint density at radius 3 is 2.61 bits per heavy atom. The number of likely N-dealkylation sites (tertiary alicyclic amines) is 1. The smallest absolute Gasteiger partial charge is 0.410 e. The van der Waals surface area contributed by atoms with Gasteiger partial charge in [0.25, 0.3) is 0 Å². The van der Waals surface area contributed by atoms with E-state index in [2.05, 4.69) is 13.8 Å². The van der Waals surface area contributed by atoms with E-state index in [1.54, 1.807) is 4.90 Å². The summed E-state index contributed by atoms with van der Waals surface area (Å²) >= 11 is 0. The van der Waals surface area contributed by atoms with Gasteiger partial charge in [0.1, 0.15) is 18.0 Å². The van der Waals surface area contributed by atoms with Crippen molar-refractivity contribution in [2.75, 3.05) is 13.2 Å². The zero-order chi connectivity index (χ0) is 17.2. The molecule has 1 aliphatic rings. The fourth-order valence-corrected chi connectivity index (χ4v) is 2.65. The first-order chi connectivity index (χ1) is 10.7. The predicted molar refractivity (Wildman–Crippen MR) is 90.7 cm³/mol. The zero-order valence-corrected chi connectivity index (χ0v) is 14.8. The number of amides is 1. The highest BCUT2D eigenvalue weighted by Gasteiger charge is 2.36. The molecule has 1 aromatic rings. The second-order valence-corrected chi connectivity index (χ2v) is 7.34. The fourth-order valence-electron chi connectivity index (χ4n) is 2.65. The van der Waals surface area contributed by atoms with Crippen molar-refractivity contribution in [3.8, 4) is 5.75 Å². The topological polar surface area (TPSA) is 64.8 Å². The number of hydrogen-bond acceptors (Lipinski definition) is 4. The van der Waals surface area contributed by atoms with Crippen molar-refractivity contribution >= 4 is 6.09 Å². The minimum absolute atomic E-state index is 0.0316. The molecule has 0 aromatic heterocycles. The van der Waals surface area contributed by atoms with Crippen LogP contribution in [0.1, 0.15) is 38.3 Å². The summed E-state index contributed by atoms with van der Waals surface area (Å²) in [6, 6.07) is 5.92. The van der Waals surface area contributed by atoms with E-state index < -0.39 is 5.60 Å². The van der Waals surface area contributed by atoms with Crippen LogP contribution in [0.4, 0.5) is 4.79 Å². The van der Waals surface area contributed by atoms with Gasteiger partial charge < -0.3 is 20.1 Å². The van der Waals surface area contributed by atoms with Gasteiger partial charge in [-0.1, -0.05) is 6.07 Å². The first-order valence-corrected chi connectivity index (χ1v) is 8.11. The maximum absolute atomic E-state index is 12.3. The Bertz CT molecular complexity index is 566. The zero-order valence-electron chi connectivity index (χ0n) is 14.8. The van der Waals surface area contributed by atoms with E-state index >= 15 is 0 Å². The molecule has 0 unspecified atom stereocenters. The van der Waals surface area contributed by atoms with Crippen molar-refractivity contribution < 1.29 is 14.3 Å². The highest BCUT2D eigenvalue weighted by Crippen LogP contribution is 2.22. The predicted octanol–water partition coefficient (Wildman–Crippen LogP) is 3.02. The summed E-state index contributed by atoms with van der Waals surface area (Å²) in [4.78, 5) is 14.0. The second kappa shape index (κ2) is 6.79. The van der Waals surface area contributed by atoms with Crippen LogP contribution >= 0.6 is 0 Å². The standard InChI is InChI=1S/C18H28N2O3/c1-12-6-7-16(8-13(12)2)22-11-15-9-14(19)10-20(15)17(21)23-18(3,4)5/h6-8,14-15H,9-11,19H2,1-5H3/t14-,15-/m0/s1. The van der Waals surface area contributed by atoms with Crippen LogP contribution in [-0.4, -0.2) is 41.8 Å². The number of nitrogens with zero attached hydrogens (tertiary/aromatic N) is 1. The number of rotatable bonds is 3. The van der Waals surface area contributed by atoms with E-state index in [0.717, 1.165) is 12.2 Å². The van der Waals surface area contributed by atoms with Crippen LogP contribution < -0.4 is 10.5 Å². The van der Waals surface area contributed by atoms with Crippen molar-refractivity contribution in [2.24, 2.45) is 5.73 Å². The molecule has 1 aromatic carbocycles. The third kappa shape index (κ3) is 4.86. The Labute approximate surface area is 138 Å². The molecule has 5 nitrogen and oxygen atoms in total. The summed E-state index contributed by atoms with van der Waals surface area (Å²) < 4.78 is 11.3. The number of benzene rings is 1. The van der Waals surface area contributed by atoms with Crippen molar-refractivity contribution in [3.63, 3.8) is 0 Å². The average Bonchev–Trinajstić information content (AvgIpc) is 2.79. The molecule has 2 rings (SSSR count). The summed E-state index contributed by atoms with van der Waals surface area (Å²) in [6.45, 7) is 10.6. The first kappa shape index (κ1) is 17.6. The van der Waals surface area contributed by atoms with Gasteiger partial charge >= 0.3 is 6.09 Å². The molecule has 0 bridgehead atoms. The summed E-state index contributed by atoms with van der Waals surface area (Å²) in [5.74, 6) is 0.817. The highest BCUT2D eigenvalue weighted by molar-refractivity contribution is 5.69. The van der Waals surface area contributed by atoms with Gasteiger partial charge in [-0.15, -0.1) is 0 Å². The molecular formula is C18H28N2O3. The van der Waals surface area contributed by atoms with Gasteiger partial charge in [-0.25, -0.2) is 4.79 Å². The summed E-state index contributed by atoms with van der Waals surface area (Å²) in [5, 5.41) is 0. The molecule has 23 heavy (non-hydrogen) atoms. The van der Waals surface area contributed by atoms with Crippen molar-refractivity contribution in [2.45, 2.75) is 58.7 Å².